The van der Waals surface area contributed by atoms with E-state index in [0.717, 1.165) is 57.4 Å². The third-order valence-corrected chi connectivity index (χ3v) is 9.07. The molecule has 0 radical (unpaired) electrons. The highest BCUT2D eigenvalue weighted by Gasteiger charge is 2.34. The number of hydrogen-bond donors (Lipinski definition) is 1. The van der Waals surface area contributed by atoms with Crippen LogP contribution in [0.1, 0.15) is 43.2 Å². The Kier molecular flexibility index (Phi) is 10.6. The van der Waals surface area contributed by atoms with Crippen molar-refractivity contribution in [3.8, 4) is 0 Å². The first-order chi connectivity index (χ1) is 19.2. The van der Waals surface area contributed by atoms with Gasteiger partial charge >= 0.3 is 0 Å². The molecule has 7 nitrogen and oxygen atoms in total. The van der Waals surface area contributed by atoms with Gasteiger partial charge in [-0.15, -0.1) is 0 Å². The SMILES string of the molecule is CS(=O)(=O)N(CC(=O)N(Cc1ccccc1)C(Cc1ccccc1)C(=O)NC1CCCCC1)c1ccc(I)cc1. The lowest BCUT2D eigenvalue weighted by atomic mass is 9.94. The van der Waals surface area contributed by atoms with Crippen LogP contribution >= 0.6 is 22.6 Å². The molecule has 1 unspecified atom stereocenters. The van der Waals surface area contributed by atoms with E-state index in [1.165, 1.54) is 0 Å². The van der Waals surface area contributed by atoms with E-state index in [9.17, 15) is 18.0 Å². The smallest absolute Gasteiger partial charge is 0.244 e. The Morgan fingerprint density at radius 3 is 2.02 bits per heavy atom. The van der Waals surface area contributed by atoms with Crippen molar-refractivity contribution < 1.29 is 18.0 Å². The third-order valence-electron chi connectivity index (χ3n) is 7.21. The number of carbonyl (C=O) groups excluding carboxylic acids is 2. The topological polar surface area (TPSA) is 86.8 Å². The van der Waals surface area contributed by atoms with Crippen molar-refractivity contribution in [2.24, 2.45) is 0 Å². The van der Waals surface area contributed by atoms with Crippen LogP contribution in [0.25, 0.3) is 0 Å². The van der Waals surface area contributed by atoms with Crippen molar-refractivity contribution in [3.63, 3.8) is 0 Å². The lowest BCUT2D eigenvalue weighted by Crippen LogP contribution is -2.55. The molecule has 1 aliphatic rings. The summed E-state index contributed by atoms with van der Waals surface area (Å²) < 4.78 is 27.8. The minimum Gasteiger partial charge on any atom is -0.352 e. The van der Waals surface area contributed by atoms with Gasteiger partial charge in [0, 0.05) is 22.6 Å². The van der Waals surface area contributed by atoms with Crippen molar-refractivity contribution in [2.75, 3.05) is 17.1 Å². The van der Waals surface area contributed by atoms with Gasteiger partial charge in [0.15, 0.2) is 0 Å². The quantitative estimate of drug-likeness (QED) is 0.286. The molecule has 4 rings (SSSR count). The van der Waals surface area contributed by atoms with Crippen LogP contribution in [-0.4, -0.2) is 50.0 Å². The summed E-state index contributed by atoms with van der Waals surface area (Å²) in [6.45, 7) is -0.228. The molecule has 3 aromatic carbocycles. The largest absolute Gasteiger partial charge is 0.352 e. The molecule has 0 aromatic heterocycles. The Morgan fingerprint density at radius 2 is 1.45 bits per heavy atom. The molecular formula is C31H36IN3O4S. The maximum Gasteiger partial charge on any atom is 0.244 e. The predicted octanol–water partition coefficient (Wildman–Crippen LogP) is 5.15. The Balaban J connectivity index is 1.69. The number of benzene rings is 3. The van der Waals surface area contributed by atoms with Gasteiger partial charge in [0.25, 0.3) is 0 Å². The zero-order valence-corrected chi connectivity index (χ0v) is 25.7. The summed E-state index contributed by atoms with van der Waals surface area (Å²) >= 11 is 2.15. The fraction of sp³-hybridized carbons (Fsp3) is 0.355. The number of sulfonamides is 1. The van der Waals surface area contributed by atoms with Gasteiger partial charge < -0.3 is 10.2 Å². The van der Waals surface area contributed by atoms with Crippen LogP contribution < -0.4 is 9.62 Å². The van der Waals surface area contributed by atoms with Crippen LogP contribution in [0, 0.1) is 3.57 Å². The lowest BCUT2D eigenvalue weighted by molar-refractivity contribution is -0.140. The molecule has 1 aliphatic carbocycles. The summed E-state index contributed by atoms with van der Waals surface area (Å²) in [5.74, 6) is -0.646. The third kappa shape index (κ3) is 8.54. The number of halogens is 1. The van der Waals surface area contributed by atoms with Gasteiger partial charge in [-0.1, -0.05) is 79.9 Å². The molecule has 0 saturated heterocycles. The van der Waals surface area contributed by atoms with Crippen molar-refractivity contribution in [1.82, 2.24) is 10.2 Å². The van der Waals surface area contributed by atoms with Gasteiger partial charge in [-0.3, -0.25) is 13.9 Å². The van der Waals surface area contributed by atoms with Crippen molar-refractivity contribution in [2.45, 2.75) is 57.2 Å². The Hall–Kier alpha value is -2.92. The first-order valence-corrected chi connectivity index (χ1v) is 16.5. The highest BCUT2D eigenvalue weighted by molar-refractivity contribution is 14.1. The average Bonchev–Trinajstić information content (AvgIpc) is 2.95. The van der Waals surface area contributed by atoms with E-state index in [2.05, 4.69) is 27.9 Å². The van der Waals surface area contributed by atoms with E-state index >= 15 is 0 Å². The normalized spacial score (nSPS) is 14.8. The molecule has 1 atom stereocenters. The van der Waals surface area contributed by atoms with Crippen LogP contribution in [-0.2, 0) is 32.6 Å². The molecule has 0 aliphatic heterocycles. The van der Waals surface area contributed by atoms with E-state index in [1.807, 2.05) is 60.7 Å². The number of nitrogens with one attached hydrogen (secondary N) is 1. The molecule has 1 fully saturated rings. The molecule has 40 heavy (non-hydrogen) atoms. The van der Waals surface area contributed by atoms with E-state index in [1.54, 1.807) is 29.2 Å². The van der Waals surface area contributed by atoms with Gasteiger partial charge in [0.05, 0.1) is 11.9 Å². The van der Waals surface area contributed by atoms with Gasteiger partial charge in [0.1, 0.15) is 12.6 Å². The van der Waals surface area contributed by atoms with Gasteiger partial charge in [-0.05, 0) is 70.8 Å². The second-order valence-corrected chi connectivity index (χ2v) is 13.5. The zero-order valence-electron chi connectivity index (χ0n) is 22.7. The molecule has 0 bridgehead atoms. The second kappa shape index (κ2) is 14.1. The highest BCUT2D eigenvalue weighted by atomic mass is 127. The van der Waals surface area contributed by atoms with Crippen molar-refractivity contribution in [1.29, 1.82) is 0 Å². The molecule has 1 N–H and O–H groups in total. The minimum absolute atomic E-state index is 0.0764. The van der Waals surface area contributed by atoms with Crippen LogP contribution in [0.3, 0.4) is 0 Å². The molecule has 212 valence electrons. The summed E-state index contributed by atoms with van der Waals surface area (Å²) in [5, 5.41) is 3.22. The number of anilines is 1. The summed E-state index contributed by atoms with van der Waals surface area (Å²) in [7, 11) is -3.78. The molecule has 0 heterocycles. The summed E-state index contributed by atoms with van der Waals surface area (Å²) in [6.07, 6.45) is 6.56. The zero-order chi connectivity index (χ0) is 28.5. The van der Waals surface area contributed by atoms with Gasteiger partial charge in [-0.2, -0.15) is 0 Å². The summed E-state index contributed by atoms with van der Waals surface area (Å²) in [4.78, 5) is 29.6. The fourth-order valence-electron chi connectivity index (χ4n) is 5.10. The average molecular weight is 674 g/mol. The minimum atomic E-state index is -3.78. The first kappa shape index (κ1) is 30.0. The van der Waals surface area contributed by atoms with E-state index < -0.39 is 28.5 Å². The van der Waals surface area contributed by atoms with Gasteiger partial charge in [-0.25, -0.2) is 8.42 Å². The number of nitrogens with zero attached hydrogens (tertiary/aromatic N) is 2. The van der Waals surface area contributed by atoms with Crippen LogP contribution in [0.15, 0.2) is 84.9 Å². The van der Waals surface area contributed by atoms with Crippen LogP contribution in [0.4, 0.5) is 5.69 Å². The Morgan fingerprint density at radius 1 is 0.875 bits per heavy atom. The lowest BCUT2D eigenvalue weighted by Gasteiger charge is -2.35. The number of carbonyl (C=O) groups is 2. The maximum atomic E-state index is 14.1. The number of amides is 2. The van der Waals surface area contributed by atoms with Crippen LogP contribution in [0.2, 0.25) is 0 Å². The highest BCUT2D eigenvalue weighted by Crippen LogP contribution is 2.22. The number of rotatable bonds is 11. The first-order valence-electron chi connectivity index (χ1n) is 13.6. The standard InChI is InChI=1S/C31H36IN3O4S/c1-40(38,39)35(28-19-17-26(32)18-20-28)23-30(36)34(22-25-13-7-3-8-14-25)29(21-24-11-5-2-6-12-24)31(37)33-27-15-9-4-10-16-27/h2-3,5-8,11-14,17-20,27,29H,4,9-10,15-16,21-23H2,1H3,(H,33,37). The number of hydrogen-bond acceptors (Lipinski definition) is 4. The summed E-state index contributed by atoms with van der Waals surface area (Å²) in [6, 6.07) is 25.4. The second-order valence-electron chi connectivity index (χ2n) is 10.3. The van der Waals surface area contributed by atoms with E-state index in [4.69, 9.17) is 0 Å². The van der Waals surface area contributed by atoms with Crippen LogP contribution in [0.5, 0.6) is 0 Å². The van der Waals surface area contributed by atoms with E-state index in [0.29, 0.717) is 12.1 Å². The maximum absolute atomic E-state index is 14.1. The fourth-order valence-corrected chi connectivity index (χ4v) is 6.31. The molecular weight excluding hydrogens is 637 g/mol. The molecule has 3 aromatic rings. The van der Waals surface area contributed by atoms with Gasteiger partial charge in [0.2, 0.25) is 21.8 Å². The van der Waals surface area contributed by atoms with Crippen molar-refractivity contribution >= 4 is 50.1 Å². The Bertz CT molecular complexity index is 1360. The summed E-state index contributed by atoms with van der Waals surface area (Å²) in [5.41, 5.74) is 2.19. The molecule has 1 saturated carbocycles. The Labute approximate surface area is 251 Å². The monoisotopic (exact) mass is 673 g/mol. The molecule has 9 heteroatoms. The van der Waals surface area contributed by atoms with E-state index in [-0.39, 0.29) is 18.5 Å². The van der Waals surface area contributed by atoms with Crippen molar-refractivity contribution in [3.05, 3.63) is 99.6 Å². The predicted molar refractivity (Wildman–Crippen MR) is 167 cm³/mol. The molecule has 2 amide bonds. The molecule has 0 spiro atoms.